The molecule has 1 amide bonds. The summed E-state index contributed by atoms with van der Waals surface area (Å²) in [7, 11) is 0. The quantitative estimate of drug-likeness (QED) is 0.410. The maximum Gasteiger partial charge on any atom is 0.266 e. The zero-order valence-electron chi connectivity index (χ0n) is 16.5. The minimum absolute atomic E-state index is 0.0191. The van der Waals surface area contributed by atoms with Gasteiger partial charge in [-0.3, -0.25) is 4.79 Å². The first-order chi connectivity index (χ1) is 13.9. The third-order valence-electron chi connectivity index (χ3n) is 4.46. The molecule has 5 heteroatoms. The summed E-state index contributed by atoms with van der Waals surface area (Å²) in [6, 6.07) is 18.9. The molecule has 0 aliphatic carbocycles. The summed E-state index contributed by atoms with van der Waals surface area (Å²) < 4.78 is 5.93. The Labute approximate surface area is 175 Å². The molecule has 0 aromatic heterocycles. The number of rotatable bonds is 5. The summed E-state index contributed by atoms with van der Waals surface area (Å²) in [6.45, 7) is 5.68. The molecule has 3 aromatic rings. The van der Waals surface area contributed by atoms with Gasteiger partial charge < -0.3 is 10.1 Å². The predicted octanol–water partition coefficient (Wildman–Crippen LogP) is 6.13. The molecule has 3 aromatic carbocycles. The van der Waals surface area contributed by atoms with E-state index in [9.17, 15) is 10.1 Å². The SMILES string of the molecule is Cc1c(Cl)cccc1NC(=O)/C(C#N)=C/c1c(OC(C)C)ccc2ccccc12. The van der Waals surface area contributed by atoms with E-state index in [0.29, 0.717) is 22.0 Å². The Bertz CT molecular complexity index is 1140. The third-order valence-corrected chi connectivity index (χ3v) is 4.87. The number of amides is 1. The summed E-state index contributed by atoms with van der Waals surface area (Å²) >= 11 is 6.13. The maximum absolute atomic E-state index is 12.8. The van der Waals surface area contributed by atoms with Crippen molar-refractivity contribution in [1.82, 2.24) is 0 Å². The molecule has 0 bridgehead atoms. The maximum atomic E-state index is 12.8. The second kappa shape index (κ2) is 8.81. The molecule has 0 unspecified atom stereocenters. The van der Waals surface area contributed by atoms with Crippen LogP contribution in [0, 0.1) is 18.3 Å². The molecule has 3 rings (SSSR count). The van der Waals surface area contributed by atoms with Crippen molar-refractivity contribution in [3.05, 3.63) is 76.3 Å². The molecule has 0 atom stereocenters. The van der Waals surface area contributed by atoms with Gasteiger partial charge in [0, 0.05) is 16.3 Å². The van der Waals surface area contributed by atoms with Crippen molar-refractivity contribution in [2.24, 2.45) is 0 Å². The van der Waals surface area contributed by atoms with E-state index >= 15 is 0 Å². The molecule has 0 saturated heterocycles. The average molecular weight is 405 g/mol. The number of nitriles is 1. The number of hydrogen-bond acceptors (Lipinski definition) is 3. The Hall–Kier alpha value is -3.29. The van der Waals surface area contributed by atoms with Crippen LogP contribution in [0.1, 0.15) is 25.0 Å². The van der Waals surface area contributed by atoms with Gasteiger partial charge in [0.1, 0.15) is 17.4 Å². The van der Waals surface area contributed by atoms with Gasteiger partial charge >= 0.3 is 0 Å². The summed E-state index contributed by atoms with van der Waals surface area (Å²) in [5.74, 6) is 0.125. The van der Waals surface area contributed by atoms with Crippen molar-refractivity contribution >= 4 is 40.0 Å². The first-order valence-electron chi connectivity index (χ1n) is 9.27. The fraction of sp³-hybridized carbons (Fsp3) is 0.167. The minimum atomic E-state index is -0.499. The van der Waals surface area contributed by atoms with Crippen LogP contribution in [0.4, 0.5) is 5.69 Å². The Balaban J connectivity index is 2.06. The molecular formula is C24H21ClN2O2. The Morgan fingerprint density at radius 1 is 1.14 bits per heavy atom. The summed E-state index contributed by atoms with van der Waals surface area (Å²) in [5, 5.41) is 14.9. The lowest BCUT2D eigenvalue weighted by molar-refractivity contribution is -0.112. The number of benzene rings is 3. The smallest absolute Gasteiger partial charge is 0.266 e. The van der Waals surface area contributed by atoms with Gasteiger partial charge in [0.15, 0.2) is 0 Å². The van der Waals surface area contributed by atoms with Crippen LogP contribution in [0.5, 0.6) is 5.75 Å². The van der Waals surface area contributed by atoms with Crippen molar-refractivity contribution < 1.29 is 9.53 Å². The fourth-order valence-electron chi connectivity index (χ4n) is 3.01. The van der Waals surface area contributed by atoms with Crippen LogP contribution < -0.4 is 10.1 Å². The predicted molar refractivity (Wildman–Crippen MR) is 118 cm³/mol. The number of carbonyl (C=O) groups excluding carboxylic acids is 1. The Morgan fingerprint density at radius 3 is 2.62 bits per heavy atom. The van der Waals surface area contributed by atoms with E-state index in [2.05, 4.69) is 5.32 Å². The van der Waals surface area contributed by atoms with Crippen LogP contribution in [0.15, 0.2) is 60.2 Å². The van der Waals surface area contributed by atoms with E-state index in [1.54, 1.807) is 24.3 Å². The highest BCUT2D eigenvalue weighted by Crippen LogP contribution is 2.31. The number of fused-ring (bicyclic) bond motifs is 1. The summed E-state index contributed by atoms with van der Waals surface area (Å²) in [4.78, 5) is 12.8. The number of nitrogens with zero attached hydrogens (tertiary/aromatic N) is 1. The van der Waals surface area contributed by atoms with Gasteiger partial charge in [-0.2, -0.15) is 5.26 Å². The van der Waals surface area contributed by atoms with Gasteiger partial charge in [-0.1, -0.05) is 48.0 Å². The second-order valence-electron chi connectivity index (χ2n) is 6.90. The van der Waals surface area contributed by atoms with Gasteiger partial charge in [-0.15, -0.1) is 0 Å². The topological polar surface area (TPSA) is 62.1 Å². The lowest BCUT2D eigenvalue weighted by Crippen LogP contribution is -2.14. The van der Waals surface area contributed by atoms with E-state index < -0.39 is 5.91 Å². The summed E-state index contributed by atoms with van der Waals surface area (Å²) in [6.07, 6.45) is 1.53. The molecule has 0 spiro atoms. The zero-order valence-corrected chi connectivity index (χ0v) is 17.2. The molecule has 0 radical (unpaired) electrons. The largest absolute Gasteiger partial charge is 0.490 e. The van der Waals surface area contributed by atoms with Crippen LogP contribution in [0.3, 0.4) is 0 Å². The van der Waals surface area contributed by atoms with Gasteiger partial charge in [0.05, 0.1) is 6.10 Å². The van der Waals surface area contributed by atoms with Crippen molar-refractivity contribution in [3.63, 3.8) is 0 Å². The van der Waals surface area contributed by atoms with Gasteiger partial charge in [0.25, 0.3) is 5.91 Å². The highest BCUT2D eigenvalue weighted by Gasteiger charge is 2.15. The van der Waals surface area contributed by atoms with E-state index in [1.807, 2.05) is 63.2 Å². The first kappa shape index (κ1) is 20.4. The lowest BCUT2D eigenvalue weighted by atomic mass is 10.0. The Kier molecular flexibility index (Phi) is 6.21. The van der Waals surface area contributed by atoms with Gasteiger partial charge in [0.2, 0.25) is 0 Å². The number of ether oxygens (including phenoxy) is 1. The number of anilines is 1. The Morgan fingerprint density at radius 2 is 1.90 bits per heavy atom. The monoisotopic (exact) mass is 404 g/mol. The fourth-order valence-corrected chi connectivity index (χ4v) is 3.18. The van der Waals surface area contributed by atoms with Crippen LogP contribution in [0.2, 0.25) is 5.02 Å². The van der Waals surface area contributed by atoms with Crippen molar-refractivity contribution in [3.8, 4) is 11.8 Å². The molecule has 0 fully saturated rings. The number of halogens is 1. The molecule has 0 saturated carbocycles. The van der Waals surface area contributed by atoms with Crippen molar-refractivity contribution in [1.29, 1.82) is 5.26 Å². The second-order valence-corrected chi connectivity index (χ2v) is 7.31. The molecule has 29 heavy (non-hydrogen) atoms. The standard InChI is InChI=1S/C24H21ClN2O2/c1-15(2)29-23-12-11-17-7-4-5-8-19(17)20(23)13-18(14-26)24(28)27-22-10-6-9-21(25)16(22)3/h4-13,15H,1-3H3,(H,27,28)/b18-13+. The highest BCUT2D eigenvalue weighted by atomic mass is 35.5. The van der Waals surface area contributed by atoms with E-state index in [0.717, 1.165) is 16.3 Å². The summed E-state index contributed by atoms with van der Waals surface area (Å²) in [5.41, 5.74) is 2.00. The number of hydrogen-bond donors (Lipinski definition) is 1. The van der Waals surface area contributed by atoms with Crippen molar-refractivity contribution in [2.75, 3.05) is 5.32 Å². The zero-order chi connectivity index (χ0) is 21.0. The average Bonchev–Trinajstić information content (AvgIpc) is 2.70. The number of nitrogens with one attached hydrogen (secondary N) is 1. The van der Waals surface area contributed by atoms with Crippen LogP contribution in [-0.4, -0.2) is 12.0 Å². The molecule has 0 aliphatic rings. The minimum Gasteiger partial charge on any atom is -0.490 e. The third kappa shape index (κ3) is 4.59. The van der Waals surface area contributed by atoms with Gasteiger partial charge in [-0.05, 0) is 61.4 Å². The van der Waals surface area contributed by atoms with E-state index in [1.165, 1.54) is 0 Å². The highest BCUT2D eigenvalue weighted by molar-refractivity contribution is 6.31. The lowest BCUT2D eigenvalue weighted by Gasteiger charge is -2.15. The molecule has 0 heterocycles. The first-order valence-corrected chi connectivity index (χ1v) is 9.65. The molecular weight excluding hydrogens is 384 g/mol. The van der Waals surface area contributed by atoms with Crippen LogP contribution in [-0.2, 0) is 4.79 Å². The molecule has 0 aliphatic heterocycles. The molecule has 1 N–H and O–H groups in total. The normalized spacial score (nSPS) is 11.4. The van der Waals surface area contributed by atoms with Gasteiger partial charge in [-0.25, -0.2) is 0 Å². The molecule has 4 nitrogen and oxygen atoms in total. The van der Waals surface area contributed by atoms with Crippen LogP contribution in [0.25, 0.3) is 16.8 Å². The van der Waals surface area contributed by atoms with Crippen LogP contribution >= 0.6 is 11.6 Å². The van der Waals surface area contributed by atoms with Crippen molar-refractivity contribution in [2.45, 2.75) is 26.9 Å². The number of carbonyl (C=O) groups is 1. The molecule has 146 valence electrons. The van der Waals surface area contributed by atoms with E-state index in [4.69, 9.17) is 16.3 Å². The van der Waals surface area contributed by atoms with E-state index in [-0.39, 0.29) is 11.7 Å².